The number of aromatic amines is 1. The molecule has 1 unspecified atom stereocenters. The van der Waals surface area contributed by atoms with Crippen LogP contribution in [0.3, 0.4) is 0 Å². The summed E-state index contributed by atoms with van der Waals surface area (Å²) in [6, 6.07) is 23.4. The number of urea groups is 1. The zero-order chi connectivity index (χ0) is 22.1. The Balaban J connectivity index is 1.52. The monoisotopic (exact) mass is 445 g/mol. The summed E-state index contributed by atoms with van der Waals surface area (Å²) in [7, 11) is 1.65. The zero-order valence-electron chi connectivity index (χ0n) is 17.8. The summed E-state index contributed by atoms with van der Waals surface area (Å²) in [4.78, 5) is 18.8. The number of hydrogen-bond donors (Lipinski definition) is 2. The molecule has 5 nitrogen and oxygen atoms in total. The second-order valence-electron chi connectivity index (χ2n) is 7.97. The van der Waals surface area contributed by atoms with Crippen LogP contribution >= 0.6 is 11.6 Å². The zero-order valence-corrected chi connectivity index (χ0v) is 18.5. The van der Waals surface area contributed by atoms with E-state index in [-0.39, 0.29) is 12.1 Å². The molecule has 5 rings (SSSR count). The highest BCUT2D eigenvalue weighted by Gasteiger charge is 2.34. The molecule has 6 heteroatoms. The van der Waals surface area contributed by atoms with Gasteiger partial charge in [-0.25, -0.2) is 4.79 Å². The third-order valence-corrected chi connectivity index (χ3v) is 6.30. The second-order valence-corrected chi connectivity index (χ2v) is 8.41. The van der Waals surface area contributed by atoms with Crippen molar-refractivity contribution in [1.82, 2.24) is 15.2 Å². The van der Waals surface area contributed by atoms with Gasteiger partial charge in [0.1, 0.15) is 5.75 Å². The Bertz CT molecular complexity index is 1250. The van der Waals surface area contributed by atoms with Crippen molar-refractivity contribution in [2.24, 2.45) is 0 Å². The molecule has 2 heterocycles. The molecule has 0 spiro atoms. The predicted octanol–water partition coefficient (Wildman–Crippen LogP) is 5.69. The third-order valence-electron chi connectivity index (χ3n) is 6.07. The van der Waals surface area contributed by atoms with E-state index in [0.717, 1.165) is 39.9 Å². The number of benzene rings is 3. The lowest BCUT2D eigenvalue weighted by Crippen LogP contribution is -2.45. The molecule has 4 aromatic rings. The van der Waals surface area contributed by atoms with Crippen molar-refractivity contribution in [3.8, 4) is 5.75 Å². The van der Waals surface area contributed by atoms with Crippen LogP contribution in [0, 0.1) is 0 Å². The van der Waals surface area contributed by atoms with Crippen molar-refractivity contribution in [3.63, 3.8) is 0 Å². The van der Waals surface area contributed by atoms with E-state index in [2.05, 4.69) is 10.3 Å². The molecule has 0 radical (unpaired) electrons. The van der Waals surface area contributed by atoms with Crippen LogP contribution in [0.2, 0.25) is 5.02 Å². The Labute approximate surface area is 192 Å². The first-order valence-corrected chi connectivity index (χ1v) is 11.0. The van der Waals surface area contributed by atoms with E-state index in [1.165, 1.54) is 5.56 Å². The lowest BCUT2D eigenvalue weighted by Gasteiger charge is -2.36. The lowest BCUT2D eigenvalue weighted by atomic mass is 9.92. The largest absolute Gasteiger partial charge is 0.497 e. The summed E-state index contributed by atoms with van der Waals surface area (Å²) in [5.41, 5.74) is 5.38. The minimum absolute atomic E-state index is 0.0861. The van der Waals surface area contributed by atoms with Gasteiger partial charge in [-0.15, -0.1) is 0 Å². The van der Waals surface area contributed by atoms with E-state index in [9.17, 15) is 4.79 Å². The van der Waals surface area contributed by atoms with Gasteiger partial charge in [0.2, 0.25) is 0 Å². The molecule has 3 aromatic carbocycles. The first kappa shape index (κ1) is 20.5. The number of nitrogens with zero attached hydrogens (tertiary/aromatic N) is 1. The number of fused-ring (bicyclic) bond motifs is 3. The molecule has 0 aliphatic carbocycles. The van der Waals surface area contributed by atoms with Gasteiger partial charge in [0, 0.05) is 34.7 Å². The molecule has 2 amide bonds. The molecule has 0 saturated heterocycles. The normalized spacial score (nSPS) is 15.4. The van der Waals surface area contributed by atoms with Crippen molar-refractivity contribution in [3.05, 3.63) is 100 Å². The molecular formula is C26H24ClN3O2. The fraction of sp³-hybridized carbons (Fsp3) is 0.192. The van der Waals surface area contributed by atoms with Gasteiger partial charge in [0.25, 0.3) is 0 Å². The summed E-state index contributed by atoms with van der Waals surface area (Å²) < 4.78 is 5.33. The van der Waals surface area contributed by atoms with Gasteiger partial charge in [-0.2, -0.15) is 0 Å². The number of aromatic nitrogens is 1. The van der Waals surface area contributed by atoms with Crippen LogP contribution in [0.4, 0.5) is 4.79 Å². The van der Waals surface area contributed by atoms with Crippen LogP contribution in [-0.2, 0) is 13.0 Å². The van der Waals surface area contributed by atoms with Crippen LogP contribution in [-0.4, -0.2) is 29.6 Å². The molecule has 2 N–H and O–H groups in total. The van der Waals surface area contributed by atoms with E-state index in [1.807, 2.05) is 77.7 Å². The Morgan fingerprint density at radius 1 is 1.12 bits per heavy atom. The maximum atomic E-state index is 13.3. The average molecular weight is 446 g/mol. The maximum absolute atomic E-state index is 13.3. The number of nitrogens with one attached hydrogen (secondary N) is 2. The van der Waals surface area contributed by atoms with Gasteiger partial charge in [-0.1, -0.05) is 54.1 Å². The van der Waals surface area contributed by atoms with Crippen LogP contribution in [0.1, 0.15) is 28.4 Å². The van der Waals surface area contributed by atoms with Crippen molar-refractivity contribution in [2.75, 3.05) is 13.7 Å². The minimum atomic E-state index is -0.230. The highest BCUT2D eigenvalue weighted by atomic mass is 35.5. The van der Waals surface area contributed by atoms with Crippen LogP contribution < -0.4 is 10.1 Å². The fourth-order valence-corrected chi connectivity index (χ4v) is 4.66. The predicted molar refractivity (Wildman–Crippen MR) is 127 cm³/mol. The second kappa shape index (κ2) is 8.60. The molecule has 0 fully saturated rings. The summed E-state index contributed by atoms with van der Waals surface area (Å²) in [6.45, 7) is 1.10. The number of ether oxygens (including phenoxy) is 1. The standard InChI is InChI=1S/C26H24ClN3O2/c1-32-20-10-7-18(8-11-20)25-24-21(22-15-19(27)9-12-23(22)29-24)13-14-30(25)26(31)28-16-17-5-3-2-4-6-17/h2-12,15,25,29H,13-14,16H2,1H3,(H,28,31). The van der Waals surface area contributed by atoms with Crippen LogP contribution in [0.25, 0.3) is 10.9 Å². The minimum Gasteiger partial charge on any atom is -0.497 e. The molecule has 1 aromatic heterocycles. The number of amides is 2. The third kappa shape index (κ3) is 3.80. The Kier molecular flexibility index (Phi) is 5.50. The number of halogens is 1. The number of carbonyl (C=O) groups is 1. The lowest BCUT2D eigenvalue weighted by molar-refractivity contribution is 0.179. The topological polar surface area (TPSA) is 57.4 Å². The number of hydrogen-bond acceptors (Lipinski definition) is 2. The van der Waals surface area contributed by atoms with Crippen molar-refractivity contribution >= 4 is 28.5 Å². The molecular weight excluding hydrogens is 422 g/mol. The van der Waals surface area contributed by atoms with Gasteiger partial charge in [0.05, 0.1) is 13.2 Å². The van der Waals surface area contributed by atoms with Gasteiger partial charge < -0.3 is 19.9 Å². The molecule has 1 aliphatic heterocycles. The van der Waals surface area contributed by atoms with E-state index in [4.69, 9.17) is 16.3 Å². The summed E-state index contributed by atoms with van der Waals surface area (Å²) >= 11 is 6.28. The molecule has 0 saturated carbocycles. The van der Waals surface area contributed by atoms with Gasteiger partial charge in [-0.3, -0.25) is 0 Å². The Hall–Kier alpha value is -3.44. The summed E-state index contributed by atoms with van der Waals surface area (Å²) in [5, 5.41) is 4.92. The SMILES string of the molecule is COc1ccc(C2c3[nH]c4ccc(Cl)cc4c3CCN2C(=O)NCc2ccccc2)cc1. The smallest absolute Gasteiger partial charge is 0.318 e. The molecule has 162 valence electrons. The fourth-order valence-electron chi connectivity index (χ4n) is 4.49. The van der Waals surface area contributed by atoms with E-state index in [1.54, 1.807) is 7.11 Å². The molecule has 32 heavy (non-hydrogen) atoms. The first-order valence-electron chi connectivity index (χ1n) is 10.7. The Morgan fingerprint density at radius 2 is 1.91 bits per heavy atom. The number of methoxy groups -OCH3 is 1. The molecule has 1 atom stereocenters. The number of carbonyl (C=O) groups excluding carboxylic acids is 1. The highest BCUT2D eigenvalue weighted by molar-refractivity contribution is 6.31. The highest BCUT2D eigenvalue weighted by Crippen LogP contribution is 2.39. The van der Waals surface area contributed by atoms with E-state index < -0.39 is 0 Å². The summed E-state index contributed by atoms with van der Waals surface area (Å²) in [5.74, 6) is 0.785. The van der Waals surface area contributed by atoms with Crippen molar-refractivity contribution in [1.29, 1.82) is 0 Å². The molecule has 0 bridgehead atoms. The van der Waals surface area contributed by atoms with E-state index in [0.29, 0.717) is 18.1 Å². The number of rotatable bonds is 4. The summed E-state index contributed by atoms with van der Waals surface area (Å²) in [6.07, 6.45) is 0.765. The van der Waals surface area contributed by atoms with Gasteiger partial charge in [-0.05, 0) is 53.4 Å². The maximum Gasteiger partial charge on any atom is 0.318 e. The van der Waals surface area contributed by atoms with Gasteiger partial charge >= 0.3 is 6.03 Å². The van der Waals surface area contributed by atoms with Gasteiger partial charge in [0.15, 0.2) is 0 Å². The average Bonchev–Trinajstić information content (AvgIpc) is 3.20. The molecule has 1 aliphatic rings. The Morgan fingerprint density at radius 3 is 2.66 bits per heavy atom. The number of H-pyrrole nitrogens is 1. The van der Waals surface area contributed by atoms with Crippen LogP contribution in [0.5, 0.6) is 5.75 Å². The van der Waals surface area contributed by atoms with Crippen molar-refractivity contribution < 1.29 is 9.53 Å². The van der Waals surface area contributed by atoms with E-state index >= 15 is 0 Å². The van der Waals surface area contributed by atoms with Crippen molar-refractivity contribution in [2.45, 2.75) is 19.0 Å². The van der Waals surface area contributed by atoms with Crippen LogP contribution in [0.15, 0.2) is 72.8 Å². The first-order chi connectivity index (χ1) is 15.6. The quantitative estimate of drug-likeness (QED) is 0.424.